The van der Waals surface area contributed by atoms with Gasteiger partial charge in [0.05, 0.1) is 0 Å². The monoisotopic (exact) mass is 259 g/mol. The zero-order valence-electron chi connectivity index (χ0n) is 11.7. The van der Waals surface area contributed by atoms with Crippen molar-refractivity contribution in [1.29, 1.82) is 0 Å². The molecule has 1 heterocycles. The minimum absolute atomic E-state index is 0.260. The minimum atomic E-state index is 0.260. The first-order valence-corrected chi connectivity index (χ1v) is 6.73. The second kappa shape index (κ2) is 6.38. The highest BCUT2D eigenvalue weighted by molar-refractivity contribution is 5.38. The molecule has 4 heteroatoms. The summed E-state index contributed by atoms with van der Waals surface area (Å²) in [6.45, 7) is 7.26. The Bertz CT molecular complexity index is 522. The standard InChI is InChI=1S/C15H21N3O/c1-4-9-16-12(3)13-7-5-6-8-14(13)19-15-10-11(2)17-18-15/h5-8,10,12,16H,4,9H2,1-3H3,(H,17,18). The number of aryl methyl sites for hydroxylation is 1. The lowest BCUT2D eigenvalue weighted by Crippen LogP contribution is -2.19. The van der Waals surface area contributed by atoms with E-state index in [9.17, 15) is 0 Å². The molecule has 1 unspecified atom stereocenters. The van der Waals surface area contributed by atoms with E-state index in [-0.39, 0.29) is 6.04 Å². The smallest absolute Gasteiger partial charge is 0.238 e. The van der Waals surface area contributed by atoms with Crippen molar-refractivity contribution < 1.29 is 4.74 Å². The molecular formula is C15H21N3O. The van der Waals surface area contributed by atoms with Gasteiger partial charge in [0.1, 0.15) is 5.75 Å². The molecule has 19 heavy (non-hydrogen) atoms. The number of para-hydroxylation sites is 1. The predicted molar refractivity (Wildman–Crippen MR) is 76.5 cm³/mol. The van der Waals surface area contributed by atoms with Crippen molar-refractivity contribution in [2.45, 2.75) is 33.2 Å². The lowest BCUT2D eigenvalue weighted by molar-refractivity contribution is 0.444. The fourth-order valence-electron chi connectivity index (χ4n) is 1.96. The van der Waals surface area contributed by atoms with Crippen LogP contribution in [0.25, 0.3) is 0 Å². The molecule has 0 aliphatic heterocycles. The van der Waals surface area contributed by atoms with E-state index in [1.807, 2.05) is 31.2 Å². The molecule has 0 aliphatic carbocycles. The van der Waals surface area contributed by atoms with Crippen LogP contribution in [-0.2, 0) is 0 Å². The van der Waals surface area contributed by atoms with E-state index in [0.717, 1.165) is 30.0 Å². The van der Waals surface area contributed by atoms with Crippen LogP contribution in [0, 0.1) is 6.92 Å². The maximum atomic E-state index is 5.85. The van der Waals surface area contributed by atoms with Crippen LogP contribution >= 0.6 is 0 Å². The summed E-state index contributed by atoms with van der Waals surface area (Å²) < 4.78 is 5.85. The molecule has 0 fully saturated rings. The summed E-state index contributed by atoms with van der Waals surface area (Å²) in [6, 6.07) is 10.2. The van der Waals surface area contributed by atoms with E-state index in [4.69, 9.17) is 4.74 Å². The van der Waals surface area contributed by atoms with Crippen molar-refractivity contribution in [2.24, 2.45) is 0 Å². The predicted octanol–water partition coefficient (Wildman–Crippen LogP) is 3.57. The Kier molecular flexibility index (Phi) is 4.58. The van der Waals surface area contributed by atoms with E-state index >= 15 is 0 Å². The second-order valence-electron chi connectivity index (χ2n) is 4.70. The summed E-state index contributed by atoms with van der Waals surface area (Å²) in [6.07, 6.45) is 1.12. The Balaban J connectivity index is 2.16. The summed E-state index contributed by atoms with van der Waals surface area (Å²) in [5.41, 5.74) is 2.14. The third-order valence-electron chi connectivity index (χ3n) is 2.98. The van der Waals surface area contributed by atoms with Gasteiger partial charge in [-0.25, -0.2) is 0 Å². The van der Waals surface area contributed by atoms with Gasteiger partial charge in [-0.05, 0) is 32.9 Å². The minimum Gasteiger partial charge on any atom is -0.437 e. The first-order chi connectivity index (χ1) is 9.20. The lowest BCUT2D eigenvalue weighted by Gasteiger charge is -2.17. The van der Waals surface area contributed by atoms with Gasteiger partial charge in [0, 0.05) is 23.4 Å². The topological polar surface area (TPSA) is 49.9 Å². The van der Waals surface area contributed by atoms with Crippen LogP contribution in [-0.4, -0.2) is 16.7 Å². The molecule has 0 saturated carbocycles. The molecule has 0 saturated heterocycles. The zero-order chi connectivity index (χ0) is 13.7. The molecule has 0 bridgehead atoms. The van der Waals surface area contributed by atoms with Gasteiger partial charge in [-0.2, -0.15) is 0 Å². The van der Waals surface area contributed by atoms with Crippen molar-refractivity contribution in [2.75, 3.05) is 6.54 Å². The molecule has 1 aromatic carbocycles. The average Bonchev–Trinajstić information content (AvgIpc) is 2.82. The van der Waals surface area contributed by atoms with Crippen molar-refractivity contribution in [3.63, 3.8) is 0 Å². The molecule has 0 spiro atoms. The van der Waals surface area contributed by atoms with Crippen molar-refractivity contribution >= 4 is 0 Å². The summed E-state index contributed by atoms with van der Waals surface area (Å²) >= 11 is 0. The van der Waals surface area contributed by atoms with Crippen LogP contribution < -0.4 is 10.1 Å². The van der Waals surface area contributed by atoms with Gasteiger partial charge in [-0.1, -0.05) is 25.1 Å². The van der Waals surface area contributed by atoms with E-state index in [1.165, 1.54) is 0 Å². The van der Waals surface area contributed by atoms with Crippen molar-refractivity contribution in [3.05, 3.63) is 41.6 Å². The van der Waals surface area contributed by atoms with E-state index in [1.54, 1.807) is 0 Å². The molecule has 2 rings (SSSR count). The fraction of sp³-hybridized carbons (Fsp3) is 0.400. The van der Waals surface area contributed by atoms with E-state index in [2.05, 4.69) is 35.4 Å². The van der Waals surface area contributed by atoms with Crippen molar-refractivity contribution in [3.8, 4) is 11.6 Å². The molecule has 0 radical (unpaired) electrons. The van der Waals surface area contributed by atoms with E-state index < -0.39 is 0 Å². The highest BCUT2D eigenvalue weighted by Gasteiger charge is 2.12. The van der Waals surface area contributed by atoms with Gasteiger partial charge in [-0.15, -0.1) is 5.10 Å². The Morgan fingerprint density at radius 1 is 1.37 bits per heavy atom. The molecule has 2 N–H and O–H groups in total. The third kappa shape index (κ3) is 3.58. The number of nitrogens with one attached hydrogen (secondary N) is 2. The molecule has 1 atom stereocenters. The first-order valence-electron chi connectivity index (χ1n) is 6.73. The van der Waals surface area contributed by atoms with Gasteiger partial charge in [0.25, 0.3) is 0 Å². The maximum absolute atomic E-state index is 5.85. The summed E-state index contributed by atoms with van der Waals surface area (Å²) in [4.78, 5) is 0. The maximum Gasteiger partial charge on any atom is 0.238 e. The molecular weight excluding hydrogens is 238 g/mol. The lowest BCUT2D eigenvalue weighted by atomic mass is 10.1. The SMILES string of the molecule is CCCNC(C)c1ccccc1Oc1cc(C)[nH]n1. The van der Waals surface area contributed by atoms with Gasteiger partial charge < -0.3 is 10.1 Å². The van der Waals surface area contributed by atoms with Crippen LogP contribution in [0.1, 0.15) is 37.6 Å². The van der Waals surface area contributed by atoms with E-state index in [0.29, 0.717) is 5.88 Å². The van der Waals surface area contributed by atoms with Crippen LogP contribution in [0.5, 0.6) is 11.6 Å². The average molecular weight is 259 g/mol. The normalized spacial score (nSPS) is 12.4. The van der Waals surface area contributed by atoms with Gasteiger partial charge in [0.2, 0.25) is 5.88 Å². The number of H-pyrrole nitrogens is 1. The van der Waals surface area contributed by atoms with Gasteiger partial charge in [-0.3, -0.25) is 5.10 Å². The van der Waals surface area contributed by atoms with Crippen molar-refractivity contribution in [1.82, 2.24) is 15.5 Å². The largest absolute Gasteiger partial charge is 0.437 e. The van der Waals surface area contributed by atoms with Crippen LogP contribution in [0.4, 0.5) is 0 Å². The third-order valence-corrected chi connectivity index (χ3v) is 2.98. The summed E-state index contributed by atoms with van der Waals surface area (Å²) in [5, 5.41) is 10.5. The van der Waals surface area contributed by atoms with Gasteiger partial charge >= 0.3 is 0 Å². The number of hydrogen-bond donors (Lipinski definition) is 2. The number of rotatable bonds is 6. The van der Waals surface area contributed by atoms with Crippen LogP contribution in [0.15, 0.2) is 30.3 Å². The highest BCUT2D eigenvalue weighted by atomic mass is 16.5. The molecule has 0 aliphatic rings. The van der Waals surface area contributed by atoms with Crippen LogP contribution in [0.3, 0.4) is 0 Å². The molecule has 4 nitrogen and oxygen atoms in total. The molecule has 2 aromatic rings. The number of aromatic amines is 1. The first kappa shape index (κ1) is 13.6. The molecule has 102 valence electrons. The Hall–Kier alpha value is -1.81. The highest BCUT2D eigenvalue weighted by Crippen LogP contribution is 2.28. The van der Waals surface area contributed by atoms with Gasteiger partial charge in [0.15, 0.2) is 0 Å². The number of nitrogens with zero attached hydrogens (tertiary/aromatic N) is 1. The second-order valence-corrected chi connectivity index (χ2v) is 4.70. The number of aromatic nitrogens is 2. The Morgan fingerprint density at radius 2 is 2.16 bits per heavy atom. The molecule has 0 amide bonds. The van der Waals surface area contributed by atoms with Crippen LogP contribution in [0.2, 0.25) is 0 Å². The number of benzene rings is 1. The quantitative estimate of drug-likeness (QED) is 0.833. The molecule has 1 aromatic heterocycles. The summed E-state index contributed by atoms with van der Waals surface area (Å²) in [5.74, 6) is 1.46. The zero-order valence-corrected chi connectivity index (χ0v) is 11.7. The summed E-state index contributed by atoms with van der Waals surface area (Å²) in [7, 11) is 0. The number of hydrogen-bond acceptors (Lipinski definition) is 3. The fourth-order valence-corrected chi connectivity index (χ4v) is 1.96. The Morgan fingerprint density at radius 3 is 2.84 bits per heavy atom. The number of ether oxygens (including phenoxy) is 1. The Labute approximate surface area is 114 Å².